The van der Waals surface area contributed by atoms with Crippen molar-refractivity contribution in [2.24, 2.45) is 5.92 Å². The number of tetrazole rings is 1. The molecule has 1 aromatic carbocycles. The Bertz CT molecular complexity index is 1440. The number of aryl methyl sites for hydroxylation is 1. The second-order valence-electron chi connectivity index (χ2n) is 10.3. The molecular weight excluding hydrogens is 494 g/mol. The standard InChI is InChI=1S/C29H35N7O3/c1-2-3-8-23-19-36(26-10-7-5-4-6-9-25(26)28(37)38)29(39)35(23)18-22-17-30-16-15-24(22)20-11-13-21(14-12-20)27-31-33-34-32-27/h11-17,19,25-26H,2-10,18H2,1H3,(H,37,38)(H,31,32,33,34). The maximum Gasteiger partial charge on any atom is 0.328 e. The fraction of sp³-hybridized carbons (Fsp3) is 0.448. The molecule has 10 nitrogen and oxygen atoms in total. The van der Waals surface area contributed by atoms with Crippen molar-refractivity contribution in [2.45, 2.75) is 77.3 Å². The summed E-state index contributed by atoms with van der Waals surface area (Å²) in [5.41, 5.74) is 4.56. The number of benzene rings is 1. The molecule has 0 bridgehead atoms. The van der Waals surface area contributed by atoms with E-state index in [0.29, 0.717) is 25.2 Å². The van der Waals surface area contributed by atoms with Gasteiger partial charge in [0.25, 0.3) is 0 Å². The highest BCUT2D eigenvalue weighted by atomic mass is 16.4. The van der Waals surface area contributed by atoms with E-state index in [1.165, 1.54) is 0 Å². The quantitative estimate of drug-likeness (QED) is 0.316. The van der Waals surface area contributed by atoms with Crippen molar-refractivity contribution >= 4 is 5.97 Å². The summed E-state index contributed by atoms with van der Waals surface area (Å²) in [6.45, 7) is 2.50. The normalized spacial score (nSPS) is 18.0. The van der Waals surface area contributed by atoms with Crippen molar-refractivity contribution in [3.63, 3.8) is 0 Å². The fourth-order valence-electron chi connectivity index (χ4n) is 5.69. The largest absolute Gasteiger partial charge is 0.481 e. The molecule has 3 aromatic heterocycles. The molecule has 1 fully saturated rings. The molecule has 10 heteroatoms. The van der Waals surface area contributed by atoms with Crippen molar-refractivity contribution in [3.8, 4) is 22.5 Å². The molecule has 2 unspecified atom stereocenters. The molecule has 1 aliphatic carbocycles. The number of aliphatic carboxylic acids is 1. The van der Waals surface area contributed by atoms with Crippen LogP contribution < -0.4 is 5.69 Å². The van der Waals surface area contributed by atoms with E-state index in [1.807, 2.05) is 47.3 Å². The zero-order chi connectivity index (χ0) is 27.2. The van der Waals surface area contributed by atoms with Gasteiger partial charge in [0, 0.05) is 29.8 Å². The minimum absolute atomic E-state index is 0.139. The van der Waals surface area contributed by atoms with Crippen molar-refractivity contribution in [1.82, 2.24) is 34.7 Å². The summed E-state index contributed by atoms with van der Waals surface area (Å²) in [7, 11) is 0. The Kier molecular flexibility index (Phi) is 8.29. The zero-order valence-electron chi connectivity index (χ0n) is 22.3. The number of H-pyrrole nitrogens is 1. The van der Waals surface area contributed by atoms with E-state index in [1.54, 1.807) is 10.8 Å². The summed E-state index contributed by atoms with van der Waals surface area (Å²) in [5, 5.41) is 24.2. The number of carbonyl (C=O) groups is 1. The Morgan fingerprint density at radius 2 is 1.85 bits per heavy atom. The number of nitrogens with zero attached hydrogens (tertiary/aromatic N) is 6. The van der Waals surface area contributed by atoms with Crippen molar-refractivity contribution in [3.05, 3.63) is 70.7 Å². The molecule has 39 heavy (non-hydrogen) atoms. The van der Waals surface area contributed by atoms with Crippen molar-refractivity contribution in [2.75, 3.05) is 0 Å². The molecule has 0 aliphatic heterocycles. The lowest BCUT2D eigenvalue weighted by molar-refractivity contribution is -0.144. The number of hydrogen-bond acceptors (Lipinski definition) is 6. The van der Waals surface area contributed by atoms with Gasteiger partial charge in [-0.05, 0) is 53.7 Å². The number of pyridine rings is 1. The van der Waals surface area contributed by atoms with E-state index in [-0.39, 0.29) is 11.7 Å². The molecule has 1 saturated carbocycles. The minimum Gasteiger partial charge on any atom is -0.481 e. The third kappa shape index (κ3) is 5.84. The smallest absolute Gasteiger partial charge is 0.328 e. The predicted octanol–water partition coefficient (Wildman–Crippen LogP) is 4.88. The first-order chi connectivity index (χ1) is 19.1. The number of aromatic nitrogens is 7. The van der Waals surface area contributed by atoms with Gasteiger partial charge in [0.05, 0.1) is 18.5 Å². The SMILES string of the molecule is CCCCc1cn(C2CCCCCCC2C(=O)O)c(=O)n1Cc1cnccc1-c1ccc(-c2nn[nH]n2)cc1. The Morgan fingerprint density at radius 1 is 1.08 bits per heavy atom. The molecule has 0 radical (unpaired) electrons. The van der Waals surface area contributed by atoms with Gasteiger partial charge in [-0.15, -0.1) is 10.2 Å². The minimum atomic E-state index is -0.810. The van der Waals surface area contributed by atoms with Crippen LogP contribution >= 0.6 is 0 Å². The number of unbranched alkanes of at least 4 members (excludes halogenated alkanes) is 1. The Balaban J connectivity index is 1.51. The van der Waals surface area contributed by atoms with Crippen LogP contribution in [0.4, 0.5) is 0 Å². The third-order valence-electron chi connectivity index (χ3n) is 7.81. The van der Waals surface area contributed by atoms with Gasteiger partial charge in [-0.3, -0.25) is 18.9 Å². The maximum atomic E-state index is 13.9. The van der Waals surface area contributed by atoms with Crippen LogP contribution in [-0.2, 0) is 17.8 Å². The lowest BCUT2D eigenvalue weighted by Gasteiger charge is -2.26. The second-order valence-corrected chi connectivity index (χ2v) is 10.3. The number of hydrogen-bond donors (Lipinski definition) is 2. The topological polar surface area (TPSA) is 132 Å². The first kappa shape index (κ1) is 26.5. The zero-order valence-corrected chi connectivity index (χ0v) is 22.3. The maximum absolute atomic E-state index is 13.9. The van der Waals surface area contributed by atoms with Gasteiger partial charge in [0.15, 0.2) is 0 Å². The summed E-state index contributed by atoms with van der Waals surface area (Å²) < 4.78 is 3.55. The van der Waals surface area contributed by atoms with Crippen LogP contribution in [-0.4, -0.2) is 45.8 Å². The number of aromatic amines is 1. The lowest BCUT2D eigenvalue weighted by Crippen LogP contribution is -2.35. The van der Waals surface area contributed by atoms with E-state index < -0.39 is 11.9 Å². The van der Waals surface area contributed by atoms with Gasteiger partial charge in [-0.25, -0.2) is 4.79 Å². The van der Waals surface area contributed by atoms with Crippen LogP contribution in [0.5, 0.6) is 0 Å². The number of imidazole rings is 1. The summed E-state index contributed by atoms with van der Waals surface area (Å²) in [6, 6.07) is 9.52. The van der Waals surface area contributed by atoms with Crippen LogP contribution in [0, 0.1) is 5.92 Å². The van der Waals surface area contributed by atoms with Gasteiger partial charge in [-0.2, -0.15) is 5.21 Å². The predicted molar refractivity (Wildman–Crippen MR) is 147 cm³/mol. The van der Waals surface area contributed by atoms with Crippen molar-refractivity contribution < 1.29 is 9.90 Å². The number of carboxylic acid groups (broad SMARTS) is 1. The number of carboxylic acids is 1. The molecule has 3 heterocycles. The molecule has 0 saturated heterocycles. The molecule has 2 N–H and O–H groups in total. The van der Waals surface area contributed by atoms with Crippen molar-refractivity contribution in [1.29, 1.82) is 0 Å². The Labute approximate surface area is 227 Å². The van der Waals surface area contributed by atoms with E-state index in [9.17, 15) is 14.7 Å². The van der Waals surface area contributed by atoms with Gasteiger partial charge in [0.2, 0.25) is 5.82 Å². The van der Waals surface area contributed by atoms with Crippen LogP contribution in [0.1, 0.15) is 75.6 Å². The van der Waals surface area contributed by atoms with Gasteiger partial charge < -0.3 is 5.11 Å². The molecule has 204 valence electrons. The molecule has 4 aromatic rings. The summed E-state index contributed by atoms with van der Waals surface area (Å²) in [4.78, 5) is 30.5. The van der Waals surface area contributed by atoms with Gasteiger partial charge >= 0.3 is 11.7 Å². The molecule has 5 rings (SSSR count). The summed E-state index contributed by atoms with van der Waals surface area (Å²) in [5.74, 6) is -0.834. The monoisotopic (exact) mass is 529 g/mol. The van der Waals surface area contributed by atoms with Gasteiger partial charge in [0.1, 0.15) is 0 Å². The van der Waals surface area contributed by atoms with E-state index in [0.717, 1.165) is 72.9 Å². The van der Waals surface area contributed by atoms with Crippen LogP contribution in [0.2, 0.25) is 0 Å². The molecule has 0 spiro atoms. The third-order valence-corrected chi connectivity index (χ3v) is 7.81. The number of rotatable bonds is 9. The van der Waals surface area contributed by atoms with Crippen LogP contribution in [0.3, 0.4) is 0 Å². The fourth-order valence-corrected chi connectivity index (χ4v) is 5.69. The van der Waals surface area contributed by atoms with E-state index in [2.05, 4.69) is 32.5 Å². The Hall–Kier alpha value is -4.08. The van der Waals surface area contributed by atoms with E-state index >= 15 is 0 Å². The first-order valence-corrected chi connectivity index (χ1v) is 13.9. The van der Waals surface area contributed by atoms with Crippen LogP contribution in [0.15, 0.2) is 53.7 Å². The highest BCUT2D eigenvalue weighted by Gasteiger charge is 2.32. The lowest BCUT2D eigenvalue weighted by atomic mass is 9.86. The average Bonchev–Trinajstić information content (AvgIpc) is 3.57. The average molecular weight is 530 g/mol. The highest BCUT2D eigenvalue weighted by molar-refractivity contribution is 5.71. The molecule has 0 amide bonds. The van der Waals surface area contributed by atoms with E-state index in [4.69, 9.17) is 0 Å². The van der Waals surface area contributed by atoms with Gasteiger partial charge in [-0.1, -0.05) is 63.3 Å². The first-order valence-electron chi connectivity index (χ1n) is 13.9. The summed E-state index contributed by atoms with van der Waals surface area (Å²) >= 11 is 0. The number of nitrogens with one attached hydrogen (secondary N) is 1. The second kappa shape index (κ2) is 12.2. The molecule has 2 atom stereocenters. The molecule has 1 aliphatic rings. The summed E-state index contributed by atoms with van der Waals surface area (Å²) in [6.07, 6.45) is 13.5. The highest BCUT2D eigenvalue weighted by Crippen LogP contribution is 2.32. The Morgan fingerprint density at radius 3 is 2.56 bits per heavy atom. The van der Waals surface area contributed by atoms with Crippen LogP contribution in [0.25, 0.3) is 22.5 Å². The molecular formula is C29H35N7O3.